The monoisotopic (exact) mass is 340 g/mol. The number of hydrogen-bond acceptors (Lipinski definition) is 9. The van der Waals surface area contributed by atoms with E-state index in [1.165, 1.54) is 0 Å². The topological polar surface area (TPSA) is 183 Å². The average molecular weight is 340 g/mol. The van der Waals surface area contributed by atoms with Gasteiger partial charge in [0.15, 0.2) is 17.4 Å². The fourth-order valence-corrected chi connectivity index (χ4v) is 2.98. The number of imidazole rings is 1. The Morgan fingerprint density at radius 3 is 2.83 bits per heavy atom. The molecule has 0 saturated carbocycles. The van der Waals surface area contributed by atoms with Gasteiger partial charge in [0.2, 0.25) is 5.95 Å². The standard InChI is InChI=1S/C11H12N6O5S/c12-2-23-1-3-5(18)6(19)9(22-3)17-7-4(14-11(17)21)8(20)16-10(13)15-7/h3,5-6,9,18-19H,1H2,(H,14,21)(H3,13,15,16,20)/t3-,5-,6-,9-/m1/s1. The molecule has 4 atom stereocenters. The summed E-state index contributed by atoms with van der Waals surface area (Å²) in [6.45, 7) is 0. The number of nitrogens with two attached hydrogens (primary N) is 1. The number of aromatic amines is 2. The largest absolute Gasteiger partial charge is 0.387 e. The third-order valence-electron chi connectivity index (χ3n) is 3.50. The molecule has 3 rings (SSSR count). The summed E-state index contributed by atoms with van der Waals surface area (Å²) in [6, 6.07) is 0. The molecule has 0 aliphatic carbocycles. The van der Waals surface area contributed by atoms with Crippen LogP contribution in [0.15, 0.2) is 9.59 Å². The minimum absolute atomic E-state index is 0.0962. The number of nitrogen functional groups attached to an aromatic ring is 1. The van der Waals surface area contributed by atoms with Gasteiger partial charge in [0.25, 0.3) is 5.56 Å². The Labute approximate surface area is 131 Å². The number of fused-ring (bicyclic) bond motifs is 1. The summed E-state index contributed by atoms with van der Waals surface area (Å²) in [5, 5.41) is 30.5. The van der Waals surface area contributed by atoms with Crippen molar-refractivity contribution >= 4 is 28.9 Å². The molecule has 3 heterocycles. The molecule has 2 aromatic rings. The molecule has 1 aliphatic heterocycles. The lowest BCUT2D eigenvalue weighted by Gasteiger charge is -2.15. The molecule has 2 aromatic heterocycles. The number of hydrogen-bond donors (Lipinski definition) is 5. The fraction of sp³-hybridized carbons (Fsp3) is 0.455. The summed E-state index contributed by atoms with van der Waals surface area (Å²) in [7, 11) is 0. The van der Waals surface area contributed by atoms with Crippen LogP contribution in [0, 0.1) is 10.7 Å². The van der Waals surface area contributed by atoms with E-state index in [-0.39, 0.29) is 22.9 Å². The van der Waals surface area contributed by atoms with Gasteiger partial charge in [0.05, 0.1) is 6.10 Å². The predicted molar refractivity (Wildman–Crippen MR) is 79.4 cm³/mol. The van der Waals surface area contributed by atoms with Crippen LogP contribution < -0.4 is 17.0 Å². The fourth-order valence-electron chi connectivity index (χ4n) is 2.46. The molecule has 0 unspecified atom stereocenters. The van der Waals surface area contributed by atoms with E-state index >= 15 is 0 Å². The Morgan fingerprint density at radius 2 is 2.13 bits per heavy atom. The van der Waals surface area contributed by atoms with Crippen LogP contribution in [-0.4, -0.2) is 53.8 Å². The summed E-state index contributed by atoms with van der Waals surface area (Å²) in [4.78, 5) is 32.3. The van der Waals surface area contributed by atoms with E-state index < -0.39 is 35.8 Å². The third kappa shape index (κ3) is 2.49. The van der Waals surface area contributed by atoms with Crippen molar-refractivity contribution in [1.29, 1.82) is 5.26 Å². The number of aromatic nitrogens is 4. The number of thiocyanates is 1. The molecule has 6 N–H and O–H groups in total. The van der Waals surface area contributed by atoms with E-state index in [9.17, 15) is 19.8 Å². The van der Waals surface area contributed by atoms with Crippen LogP contribution in [0.25, 0.3) is 11.2 Å². The van der Waals surface area contributed by atoms with E-state index in [1.807, 2.05) is 5.40 Å². The number of thioether (sulfide) groups is 1. The highest BCUT2D eigenvalue weighted by atomic mass is 32.2. The average Bonchev–Trinajstić information content (AvgIpc) is 2.96. The van der Waals surface area contributed by atoms with Gasteiger partial charge in [-0.3, -0.25) is 14.8 Å². The van der Waals surface area contributed by atoms with E-state index in [0.29, 0.717) is 0 Å². The van der Waals surface area contributed by atoms with Gasteiger partial charge in [-0.05, 0) is 11.8 Å². The van der Waals surface area contributed by atoms with Crippen LogP contribution in [0.1, 0.15) is 6.23 Å². The number of ether oxygens (including phenoxy) is 1. The Kier molecular flexibility index (Phi) is 3.86. The second-order valence-electron chi connectivity index (χ2n) is 4.90. The lowest BCUT2D eigenvalue weighted by molar-refractivity contribution is -0.0306. The summed E-state index contributed by atoms with van der Waals surface area (Å²) in [5.41, 5.74) is 3.86. The van der Waals surface area contributed by atoms with Crippen LogP contribution in [0.4, 0.5) is 5.95 Å². The Morgan fingerprint density at radius 1 is 1.39 bits per heavy atom. The van der Waals surface area contributed by atoms with Gasteiger partial charge in [-0.1, -0.05) is 0 Å². The molecule has 0 spiro atoms. The number of nitrogens with zero attached hydrogens (tertiary/aromatic N) is 3. The molecule has 1 fully saturated rings. The van der Waals surface area contributed by atoms with Crippen molar-refractivity contribution in [3.8, 4) is 5.40 Å². The molecular weight excluding hydrogens is 328 g/mol. The molecule has 11 nitrogen and oxygen atoms in total. The van der Waals surface area contributed by atoms with Crippen molar-refractivity contribution < 1.29 is 14.9 Å². The Balaban J connectivity index is 2.07. The first kappa shape index (κ1) is 15.6. The van der Waals surface area contributed by atoms with Gasteiger partial charge >= 0.3 is 5.69 Å². The van der Waals surface area contributed by atoms with Gasteiger partial charge in [-0.15, -0.1) is 0 Å². The normalized spacial score (nSPS) is 27.3. The second-order valence-corrected chi connectivity index (χ2v) is 5.70. The first-order valence-electron chi connectivity index (χ1n) is 6.46. The van der Waals surface area contributed by atoms with Gasteiger partial charge < -0.3 is 20.7 Å². The summed E-state index contributed by atoms with van der Waals surface area (Å²) < 4.78 is 6.40. The van der Waals surface area contributed by atoms with Crippen molar-refractivity contribution in [3.63, 3.8) is 0 Å². The van der Waals surface area contributed by atoms with E-state index in [2.05, 4.69) is 15.0 Å². The maximum Gasteiger partial charge on any atom is 0.330 e. The van der Waals surface area contributed by atoms with Crippen LogP contribution >= 0.6 is 11.8 Å². The zero-order chi connectivity index (χ0) is 16.7. The highest BCUT2D eigenvalue weighted by Crippen LogP contribution is 2.31. The van der Waals surface area contributed by atoms with Crippen molar-refractivity contribution in [2.45, 2.75) is 24.5 Å². The number of nitrogens with one attached hydrogen (secondary N) is 2. The lowest BCUT2D eigenvalue weighted by Crippen LogP contribution is -2.34. The van der Waals surface area contributed by atoms with E-state index in [1.54, 1.807) is 0 Å². The molecular formula is C11H12N6O5S. The maximum absolute atomic E-state index is 12.1. The number of aliphatic hydroxyl groups is 2. The summed E-state index contributed by atoms with van der Waals surface area (Å²) in [5.74, 6) is -0.0988. The van der Waals surface area contributed by atoms with Crippen molar-refractivity contribution in [3.05, 3.63) is 20.8 Å². The lowest BCUT2D eigenvalue weighted by atomic mass is 10.1. The quantitative estimate of drug-likeness (QED) is 0.388. The number of nitriles is 1. The molecule has 1 aliphatic rings. The molecule has 0 bridgehead atoms. The molecule has 0 aromatic carbocycles. The zero-order valence-electron chi connectivity index (χ0n) is 11.5. The third-order valence-corrected chi connectivity index (χ3v) is 4.13. The van der Waals surface area contributed by atoms with E-state index in [4.69, 9.17) is 15.7 Å². The Hall–Kier alpha value is -2.33. The van der Waals surface area contributed by atoms with Crippen molar-refractivity contribution in [2.75, 3.05) is 11.5 Å². The van der Waals surface area contributed by atoms with Crippen LogP contribution in [0.2, 0.25) is 0 Å². The summed E-state index contributed by atoms with van der Waals surface area (Å²) >= 11 is 0.847. The van der Waals surface area contributed by atoms with Crippen molar-refractivity contribution in [2.24, 2.45) is 0 Å². The van der Waals surface area contributed by atoms with Gasteiger partial charge in [-0.25, -0.2) is 9.36 Å². The predicted octanol–water partition coefficient (Wildman–Crippen LogP) is -2.17. The molecule has 23 heavy (non-hydrogen) atoms. The number of anilines is 1. The second kappa shape index (κ2) is 5.70. The van der Waals surface area contributed by atoms with Gasteiger partial charge in [-0.2, -0.15) is 10.2 Å². The van der Waals surface area contributed by atoms with Crippen LogP contribution in [-0.2, 0) is 4.74 Å². The summed E-state index contributed by atoms with van der Waals surface area (Å²) in [6.07, 6.45) is -4.84. The van der Waals surface area contributed by atoms with Gasteiger partial charge in [0, 0.05) is 5.75 Å². The molecule has 0 radical (unpaired) electrons. The minimum Gasteiger partial charge on any atom is -0.387 e. The van der Waals surface area contributed by atoms with Gasteiger partial charge in [0.1, 0.15) is 17.6 Å². The molecule has 1 saturated heterocycles. The minimum atomic E-state index is -1.43. The molecule has 12 heteroatoms. The highest BCUT2D eigenvalue weighted by molar-refractivity contribution is 8.03. The highest BCUT2D eigenvalue weighted by Gasteiger charge is 2.45. The van der Waals surface area contributed by atoms with Crippen LogP contribution in [0.3, 0.4) is 0 Å². The zero-order valence-corrected chi connectivity index (χ0v) is 12.3. The number of H-pyrrole nitrogens is 2. The van der Waals surface area contributed by atoms with E-state index in [0.717, 1.165) is 16.3 Å². The Bertz CT molecular complexity index is 897. The molecule has 0 amide bonds. The first-order valence-corrected chi connectivity index (χ1v) is 7.45. The SMILES string of the molecule is N#CSC[C@H]1O[C@@H](n2c(=O)[nH]c3c(=O)[nH]c(N)nc32)[C@H](O)[C@@H]1O. The number of aliphatic hydroxyl groups excluding tert-OH is 2. The smallest absolute Gasteiger partial charge is 0.330 e. The first-order chi connectivity index (χ1) is 10.9. The molecule has 122 valence electrons. The van der Waals surface area contributed by atoms with Crippen molar-refractivity contribution in [1.82, 2.24) is 19.5 Å². The number of rotatable bonds is 3. The maximum atomic E-state index is 12.1. The van der Waals surface area contributed by atoms with Crippen LogP contribution in [0.5, 0.6) is 0 Å².